The summed E-state index contributed by atoms with van der Waals surface area (Å²) in [5.74, 6) is 0. The van der Waals surface area contributed by atoms with E-state index in [2.05, 4.69) is 13.8 Å². The Morgan fingerprint density at radius 2 is 2.33 bits per heavy atom. The molecular weight excluding hydrogens is 114 g/mol. The number of hydrogen-bond donors (Lipinski definition) is 1. The van der Waals surface area contributed by atoms with E-state index in [9.17, 15) is 0 Å². The maximum atomic E-state index is 5.48. The Hall–Kier alpha value is -0.0800. The molecule has 2 N–H and O–H groups in total. The molecule has 0 amide bonds. The maximum Gasteiger partial charge on any atom is 0.0748 e. The highest BCUT2D eigenvalue weighted by molar-refractivity contribution is 4.84. The Morgan fingerprint density at radius 1 is 1.67 bits per heavy atom. The Kier molecular flexibility index (Phi) is 1.78. The molecule has 1 rings (SSSR count). The highest BCUT2D eigenvalue weighted by Crippen LogP contribution is 2.32. The summed E-state index contributed by atoms with van der Waals surface area (Å²) in [5, 5.41) is 0. The van der Waals surface area contributed by atoms with Crippen molar-refractivity contribution in [2.75, 3.05) is 13.2 Å². The fourth-order valence-corrected chi connectivity index (χ4v) is 1.24. The molecule has 0 spiro atoms. The molecule has 0 unspecified atom stereocenters. The molecule has 2 heteroatoms. The predicted molar refractivity (Wildman–Crippen MR) is 37.2 cm³/mol. The average Bonchev–Trinajstić information content (AvgIpc) is 2.08. The van der Waals surface area contributed by atoms with Crippen LogP contribution < -0.4 is 5.73 Å². The van der Waals surface area contributed by atoms with Gasteiger partial charge in [0.05, 0.1) is 6.10 Å². The van der Waals surface area contributed by atoms with E-state index < -0.39 is 0 Å². The first-order chi connectivity index (χ1) is 4.17. The number of rotatable bonds is 1. The Bertz CT molecular complexity index is 101. The Labute approximate surface area is 56.4 Å². The Balaban J connectivity index is 2.52. The van der Waals surface area contributed by atoms with Gasteiger partial charge >= 0.3 is 0 Å². The smallest absolute Gasteiger partial charge is 0.0748 e. The van der Waals surface area contributed by atoms with Gasteiger partial charge in [-0.2, -0.15) is 0 Å². The fourth-order valence-electron chi connectivity index (χ4n) is 1.24. The van der Waals surface area contributed by atoms with Crippen molar-refractivity contribution < 1.29 is 4.74 Å². The molecule has 1 aliphatic heterocycles. The molecule has 1 fully saturated rings. The van der Waals surface area contributed by atoms with Crippen molar-refractivity contribution >= 4 is 0 Å². The second kappa shape index (κ2) is 2.27. The van der Waals surface area contributed by atoms with Crippen LogP contribution in [0.15, 0.2) is 0 Å². The second-order valence-electron chi connectivity index (χ2n) is 3.33. The molecule has 0 saturated carbocycles. The van der Waals surface area contributed by atoms with Gasteiger partial charge in [0, 0.05) is 13.2 Å². The molecule has 0 aromatic carbocycles. The first kappa shape index (κ1) is 7.03. The van der Waals surface area contributed by atoms with Crippen LogP contribution in [0.25, 0.3) is 0 Å². The lowest BCUT2D eigenvalue weighted by Crippen LogP contribution is -2.31. The molecule has 2 nitrogen and oxygen atoms in total. The van der Waals surface area contributed by atoms with Gasteiger partial charge in [-0.05, 0) is 11.8 Å². The van der Waals surface area contributed by atoms with Gasteiger partial charge in [-0.3, -0.25) is 0 Å². The van der Waals surface area contributed by atoms with Crippen LogP contribution >= 0.6 is 0 Å². The van der Waals surface area contributed by atoms with Crippen LogP contribution in [0.2, 0.25) is 0 Å². The fraction of sp³-hybridized carbons (Fsp3) is 1.00. The van der Waals surface area contributed by atoms with E-state index in [0.29, 0.717) is 12.0 Å². The largest absolute Gasteiger partial charge is 0.376 e. The van der Waals surface area contributed by atoms with E-state index in [1.54, 1.807) is 0 Å². The summed E-state index contributed by atoms with van der Waals surface area (Å²) in [7, 11) is 0. The molecule has 0 aromatic rings. The zero-order valence-electron chi connectivity index (χ0n) is 6.18. The van der Waals surface area contributed by atoms with E-state index in [1.807, 2.05) is 0 Å². The maximum absolute atomic E-state index is 5.48. The molecule has 54 valence electrons. The Morgan fingerprint density at radius 3 is 2.56 bits per heavy atom. The zero-order chi connectivity index (χ0) is 6.91. The van der Waals surface area contributed by atoms with Crippen LogP contribution in [0.5, 0.6) is 0 Å². The van der Waals surface area contributed by atoms with Gasteiger partial charge in [0.15, 0.2) is 0 Å². The summed E-state index contributed by atoms with van der Waals surface area (Å²) in [6, 6.07) is 0. The summed E-state index contributed by atoms with van der Waals surface area (Å²) >= 11 is 0. The predicted octanol–water partition coefficient (Wildman–Crippen LogP) is 0.760. The molecule has 9 heavy (non-hydrogen) atoms. The standard InChI is InChI=1S/C7H15NO/c1-7(2)3-4-9-6(7)5-8/h6H,3-5,8H2,1-2H3/t6-/m0/s1. The molecule has 1 saturated heterocycles. The van der Waals surface area contributed by atoms with Gasteiger partial charge in [-0.25, -0.2) is 0 Å². The summed E-state index contributed by atoms with van der Waals surface area (Å²) in [6.07, 6.45) is 1.44. The molecule has 0 aliphatic carbocycles. The van der Waals surface area contributed by atoms with Crippen LogP contribution in [-0.2, 0) is 4.74 Å². The molecule has 0 aromatic heterocycles. The lowest BCUT2D eigenvalue weighted by atomic mass is 9.86. The molecule has 1 aliphatic rings. The van der Waals surface area contributed by atoms with Crippen LogP contribution in [0.1, 0.15) is 20.3 Å². The van der Waals surface area contributed by atoms with E-state index in [1.165, 1.54) is 0 Å². The van der Waals surface area contributed by atoms with Gasteiger partial charge < -0.3 is 10.5 Å². The molecule has 0 bridgehead atoms. The van der Waals surface area contributed by atoms with Gasteiger partial charge in [-0.1, -0.05) is 13.8 Å². The van der Waals surface area contributed by atoms with E-state index in [4.69, 9.17) is 10.5 Å². The summed E-state index contributed by atoms with van der Waals surface area (Å²) in [5.41, 5.74) is 5.80. The van der Waals surface area contributed by atoms with Crippen molar-refractivity contribution in [2.24, 2.45) is 11.1 Å². The minimum absolute atomic E-state index is 0.289. The van der Waals surface area contributed by atoms with Crippen molar-refractivity contribution in [3.63, 3.8) is 0 Å². The van der Waals surface area contributed by atoms with Crippen LogP contribution in [0.4, 0.5) is 0 Å². The third-order valence-electron chi connectivity index (χ3n) is 2.15. The van der Waals surface area contributed by atoms with Crippen LogP contribution in [0.3, 0.4) is 0 Å². The summed E-state index contributed by atoms with van der Waals surface area (Å²) in [4.78, 5) is 0. The first-order valence-electron chi connectivity index (χ1n) is 3.48. The molecule has 1 atom stereocenters. The van der Waals surface area contributed by atoms with Crippen LogP contribution in [-0.4, -0.2) is 19.3 Å². The summed E-state index contributed by atoms with van der Waals surface area (Å²) < 4.78 is 5.39. The van der Waals surface area contributed by atoms with Gasteiger partial charge in [0.2, 0.25) is 0 Å². The summed E-state index contributed by atoms with van der Waals surface area (Å²) in [6.45, 7) is 5.96. The number of nitrogens with two attached hydrogens (primary N) is 1. The van der Waals surface area contributed by atoms with E-state index in [-0.39, 0.29) is 6.10 Å². The van der Waals surface area contributed by atoms with Crippen molar-refractivity contribution in [1.82, 2.24) is 0 Å². The quantitative estimate of drug-likeness (QED) is 0.567. The minimum Gasteiger partial charge on any atom is -0.376 e. The highest BCUT2D eigenvalue weighted by atomic mass is 16.5. The van der Waals surface area contributed by atoms with Crippen molar-refractivity contribution in [2.45, 2.75) is 26.4 Å². The molecule has 0 radical (unpaired) electrons. The average molecular weight is 129 g/mol. The van der Waals surface area contributed by atoms with Gasteiger partial charge in [0.1, 0.15) is 0 Å². The van der Waals surface area contributed by atoms with Gasteiger partial charge in [-0.15, -0.1) is 0 Å². The van der Waals surface area contributed by atoms with Gasteiger partial charge in [0.25, 0.3) is 0 Å². The number of ether oxygens (including phenoxy) is 1. The molecule has 1 heterocycles. The minimum atomic E-state index is 0.289. The monoisotopic (exact) mass is 129 g/mol. The third-order valence-corrected chi connectivity index (χ3v) is 2.15. The third kappa shape index (κ3) is 1.25. The van der Waals surface area contributed by atoms with E-state index >= 15 is 0 Å². The number of hydrogen-bond acceptors (Lipinski definition) is 2. The lowest BCUT2D eigenvalue weighted by Gasteiger charge is -2.23. The zero-order valence-corrected chi connectivity index (χ0v) is 6.18. The SMILES string of the molecule is CC1(C)CCO[C@H]1CN. The van der Waals surface area contributed by atoms with Crippen LogP contribution in [0, 0.1) is 5.41 Å². The lowest BCUT2D eigenvalue weighted by molar-refractivity contribution is 0.0713. The molecular formula is C7H15NO. The van der Waals surface area contributed by atoms with E-state index in [0.717, 1.165) is 13.0 Å². The second-order valence-corrected chi connectivity index (χ2v) is 3.33. The first-order valence-corrected chi connectivity index (χ1v) is 3.48. The van der Waals surface area contributed by atoms with Crippen molar-refractivity contribution in [3.8, 4) is 0 Å². The van der Waals surface area contributed by atoms with Crippen molar-refractivity contribution in [3.05, 3.63) is 0 Å². The normalized spacial score (nSPS) is 33.0. The van der Waals surface area contributed by atoms with Crippen molar-refractivity contribution in [1.29, 1.82) is 0 Å². The highest BCUT2D eigenvalue weighted by Gasteiger charge is 2.34. The topological polar surface area (TPSA) is 35.2 Å².